The number of nitrogens with zero attached hydrogens (tertiary/aromatic N) is 5. The molecule has 29 heavy (non-hydrogen) atoms. The summed E-state index contributed by atoms with van der Waals surface area (Å²) in [6, 6.07) is 12.9. The van der Waals surface area contributed by atoms with Crippen LogP contribution in [-0.2, 0) is 6.54 Å². The van der Waals surface area contributed by atoms with Crippen molar-refractivity contribution in [1.29, 1.82) is 0 Å². The monoisotopic (exact) mass is 403 g/mol. The number of aromatic nitrogens is 3. The molecule has 0 saturated carbocycles. The van der Waals surface area contributed by atoms with E-state index in [1.165, 1.54) is 10.4 Å². The smallest absolute Gasteiger partial charge is 0.137 e. The standard InChI is InChI=1S/C23H25N5S/c1-17-8-13-29-22(17)16-27-12-11-26(2)21(15-27)19-14-28-20(4-3-5-23(28)25-19)18-6-9-24-10-7-18/h3-10,13-14,21H,11-12,15-16H2,1-2H3/t21-/m1/s1. The molecule has 1 atom stereocenters. The molecule has 5 nitrogen and oxygen atoms in total. The number of pyridine rings is 2. The molecular formula is C23H25N5S. The summed E-state index contributed by atoms with van der Waals surface area (Å²) in [4.78, 5) is 15.6. The Kier molecular flexibility index (Phi) is 4.91. The minimum absolute atomic E-state index is 0.300. The number of hydrogen-bond donors (Lipinski definition) is 0. The quantitative estimate of drug-likeness (QED) is 0.510. The lowest BCUT2D eigenvalue weighted by molar-refractivity contribution is 0.0891. The highest BCUT2D eigenvalue weighted by Gasteiger charge is 2.28. The number of thiophene rings is 1. The third kappa shape index (κ3) is 3.59. The average Bonchev–Trinajstić information content (AvgIpc) is 3.36. The second-order valence-electron chi connectivity index (χ2n) is 7.80. The molecule has 0 unspecified atom stereocenters. The van der Waals surface area contributed by atoms with Crippen molar-refractivity contribution in [3.63, 3.8) is 0 Å². The molecular weight excluding hydrogens is 378 g/mol. The van der Waals surface area contributed by atoms with Gasteiger partial charge in [0.25, 0.3) is 0 Å². The third-order valence-corrected chi connectivity index (χ3v) is 6.90. The molecule has 148 valence electrons. The molecule has 1 aliphatic heterocycles. The van der Waals surface area contributed by atoms with Gasteiger partial charge in [0.15, 0.2) is 0 Å². The van der Waals surface area contributed by atoms with Crippen molar-refractivity contribution < 1.29 is 0 Å². The molecule has 1 aliphatic rings. The lowest BCUT2D eigenvalue weighted by Gasteiger charge is -2.38. The van der Waals surface area contributed by atoms with Crippen LogP contribution in [0.15, 0.2) is 60.4 Å². The molecule has 5 rings (SSSR count). The molecule has 0 spiro atoms. The van der Waals surface area contributed by atoms with Gasteiger partial charge in [0.05, 0.1) is 17.4 Å². The van der Waals surface area contributed by atoms with Gasteiger partial charge in [0.1, 0.15) is 5.65 Å². The molecule has 0 aromatic carbocycles. The van der Waals surface area contributed by atoms with E-state index < -0.39 is 0 Å². The van der Waals surface area contributed by atoms with Crippen LogP contribution in [-0.4, -0.2) is 50.9 Å². The van der Waals surface area contributed by atoms with Crippen LogP contribution in [0.5, 0.6) is 0 Å². The zero-order valence-electron chi connectivity index (χ0n) is 16.8. The lowest BCUT2D eigenvalue weighted by Crippen LogP contribution is -2.46. The molecule has 0 amide bonds. The van der Waals surface area contributed by atoms with Gasteiger partial charge in [-0.05, 0) is 55.2 Å². The van der Waals surface area contributed by atoms with Gasteiger partial charge < -0.3 is 0 Å². The SMILES string of the molecule is Cc1ccsc1CN1CCN(C)[C@@H](c2cn3c(-c4ccncc4)cccc3n2)C1. The normalized spacial score (nSPS) is 18.5. The minimum atomic E-state index is 0.300. The van der Waals surface area contributed by atoms with Crippen LogP contribution in [0, 0.1) is 6.92 Å². The maximum atomic E-state index is 5.00. The fourth-order valence-electron chi connectivity index (χ4n) is 4.11. The van der Waals surface area contributed by atoms with E-state index in [1.54, 1.807) is 0 Å². The van der Waals surface area contributed by atoms with Crippen molar-refractivity contribution in [3.05, 3.63) is 76.5 Å². The first kappa shape index (κ1) is 18.5. The highest BCUT2D eigenvalue weighted by atomic mass is 32.1. The Hall–Kier alpha value is -2.54. The topological polar surface area (TPSA) is 36.7 Å². The number of rotatable bonds is 4. The Morgan fingerprint density at radius 2 is 1.97 bits per heavy atom. The Labute approximate surface area is 175 Å². The van der Waals surface area contributed by atoms with Gasteiger partial charge >= 0.3 is 0 Å². The van der Waals surface area contributed by atoms with Gasteiger partial charge in [-0.15, -0.1) is 11.3 Å². The molecule has 5 heterocycles. The van der Waals surface area contributed by atoms with E-state index in [1.807, 2.05) is 35.9 Å². The number of likely N-dealkylation sites (N-methyl/N-ethyl adjacent to an activating group) is 1. The summed E-state index contributed by atoms with van der Waals surface area (Å²) in [5.74, 6) is 0. The van der Waals surface area contributed by atoms with Gasteiger partial charge in [-0.25, -0.2) is 4.98 Å². The molecule has 0 aliphatic carbocycles. The first-order valence-corrected chi connectivity index (χ1v) is 10.9. The number of fused-ring (bicyclic) bond motifs is 1. The molecule has 4 aromatic heterocycles. The number of imidazole rings is 1. The average molecular weight is 404 g/mol. The van der Waals surface area contributed by atoms with E-state index in [0.717, 1.165) is 48.8 Å². The number of piperazine rings is 1. The van der Waals surface area contributed by atoms with Gasteiger partial charge in [0, 0.05) is 55.2 Å². The van der Waals surface area contributed by atoms with Gasteiger partial charge in [-0.2, -0.15) is 0 Å². The fraction of sp³-hybridized carbons (Fsp3) is 0.304. The van der Waals surface area contributed by atoms with Crippen molar-refractivity contribution in [2.24, 2.45) is 0 Å². The van der Waals surface area contributed by atoms with Crippen LogP contribution >= 0.6 is 11.3 Å². The summed E-state index contributed by atoms with van der Waals surface area (Å²) in [5, 5.41) is 2.20. The predicted molar refractivity (Wildman–Crippen MR) is 118 cm³/mol. The number of aryl methyl sites for hydroxylation is 1. The molecule has 4 aromatic rings. The summed E-state index contributed by atoms with van der Waals surface area (Å²) in [7, 11) is 2.21. The zero-order valence-corrected chi connectivity index (χ0v) is 17.6. The number of hydrogen-bond acceptors (Lipinski definition) is 5. The van der Waals surface area contributed by atoms with Crippen LogP contribution in [0.4, 0.5) is 0 Å². The first-order valence-electron chi connectivity index (χ1n) is 10.0. The lowest BCUT2D eigenvalue weighted by atomic mass is 10.1. The van der Waals surface area contributed by atoms with Crippen LogP contribution in [0.1, 0.15) is 22.2 Å². The first-order chi connectivity index (χ1) is 14.2. The maximum Gasteiger partial charge on any atom is 0.137 e. The van der Waals surface area contributed by atoms with E-state index in [9.17, 15) is 0 Å². The van der Waals surface area contributed by atoms with Crippen LogP contribution in [0.25, 0.3) is 16.9 Å². The van der Waals surface area contributed by atoms with Crippen molar-refractivity contribution in [2.75, 3.05) is 26.7 Å². The van der Waals surface area contributed by atoms with Crippen molar-refractivity contribution in [2.45, 2.75) is 19.5 Å². The van der Waals surface area contributed by atoms with E-state index in [0.29, 0.717) is 6.04 Å². The Morgan fingerprint density at radius 3 is 2.76 bits per heavy atom. The van der Waals surface area contributed by atoms with Gasteiger partial charge in [0.2, 0.25) is 0 Å². The van der Waals surface area contributed by atoms with Crippen molar-refractivity contribution in [3.8, 4) is 11.3 Å². The largest absolute Gasteiger partial charge is 0.299 e. The molecule has 6 heteroatoms. The highest BCUT2D eigenvalue weighted by Crippen LogP contribution is 2.28. The van der Waals surface area contributed by atoms with E-state index >= 15 is 0 Å². The predicted octanol–water partition coefficient (Wildman–Crippen LogP) is 4.25. The maximum absolute atomic E-state index is 5.00. The minimum Gasteiger partial charge on any atom is -0.299 e. The van der Waals surface area contributed by atoms with Crippen molar-refractivity contribution >= 4 is 17.0 Å². The zero-order chi connectivity index (χ0) is 19.8. The van der Waals surface area contributed by atoms with Crippen LogP contribution < -0.4 is 0 Å². The second-order valence-corrected chi connectivity index (χ2v) is 8.80. The molecule has 0 N–H and O–H groups in total. The second kappa shape index (κ2) is 7.71. The van der Waals surface area contributed by atoms with Gasteiger partial charge in [-0.1, -0.05) is 6.07 Å². The summed E-state index contributed by atoms with van der Waals surface area (Å²) in [6.45, 7) is 6.40. The third-order valence-electron chi connectivity index (χ3n) is 5.90. The van der Waals surface area contributed by atoms with E-state index in [4.69, 9.17) is 4.98 Å². The van der Waals surface area contributed by atoms with Crippen LogP contribution in [0.3, 0.4) is 0 Å². The molecule has 0 radical (unpaired) electrons. The Balaban J connectivity index is 1.45. The summed E-state index contributed by atoms with van der Waals surface area (Å²) < 4.78 is 2.21. The molecule has 1 fully saturated rings. The summed E-state index contributed by atoms with van der Waals surface area (Å²) in [6.07, 6.45) is 5.89. The molecule has 1 saturated heterocycles. The molecule has 0 bridgehead atoms. The van der Waals surface area contributed by atoms with E-state index in [-0.39, 0.29) is 0 Å². The highest BCUT2D eigenvalue weighted by molar-refractivity contribution is 7.10. The fourth-order valence-corrected chi connectivity index (χ4v) is 5.06. The summed E-state index contributed by atoms with van der Waals surface area (Å²) in [5.41, 5.74) is 5.84. The van der Waals surface area contributed by atoms with Gasteiger partial charge in [-0.3, -0.25) is 19.2 Å². The Bertz CT molecular complexity index is 1120. The van der Waals surface area contributed by atoms with Crippen LogP contribution in [0.2, 0.25) is 0 Å². The van der Waals surface area contributed by atoms with E-state index in [2.05, 4.69) is 69.0 Å². The summed E-state index contributed by atoms with van der Waals surface area (Å²) >= 11 is 1.86. The van der Waals surface area contributed by atoms with Crippen molar-refractivity contribution in [1.82, 2.24) is 24.2 Å². The Morgan fingerprint density at radius 1 is 1.10 bits per heavy atom.